The Bertz CT molecular complexity index is 1650. The van der Waals surface area contributed by atoms with Crippen LogP contribution in [0.4, 0.5) is 23.5 Å². The predicted molar refractivity (Wildman–Crippen MR) is 131 cm³/mol. The summed E-state index contributed by atoms with van der Waals surface area (Å²) in [6.07, 6.45) is 4.33. The molecule has 4 aromatic rings. The maximum Gasteiger partial charge on any atom is 0.419 e. The lowest BCUT2D eigenvalue weighted by Gasteiger charge is -2.23. The lowest BCUT2D eigenvalue weighted by atomic mass is 10.1. The molecule has 5 rings (SSSR count). The van der Waals surface area contributed by atoms with Crippen molar-refractivity contribution in [3.8, 4) is 16.5 Å². The first-order valence-corrected chi connectivity index (χ1v) is 13.7. The second kappa shape index (κ2) is 9.47. The quantitative estimate of drug-likeness (QED) is 0.314. The molecule has 9 nitrogen and oxygen atoms in total. The van der Waals surface area contributed by atoms with Crippen molar-refractivity contribution in [2.24, 2.45) is 0 Å². The average Bonchev–Trinajstić information content (AvgIpc) is 3.41. The zero-order chi connectivity index (χ0) is 27.2. The highest BCUT2D eigenvalue weighted by Crippen LogP contribution is 2.31. The number of sulfone groups is 1. The van der Waals surface area contributed by atoms with Crippen LogP contribution in [-0.4, -0.2) is 51.9 Å². The maximum absolute atomic E-state index is 14.5. The predicted octanol–water partition coefficient (Wildman–Crippen LogP) is 4.54. The van der Waals surface area contributed by atoms with Gasteiger partial charge in [0.05, 0.1) is 22.3 Å². The molecule has 0 bridgehead atoms. The molecule has 0 spiro atoms. The van der Waals surface area contributed by atoms with E-state index in [1.807, 2.05) is 13.0 Å². The second-order valence-electron chi connectivity index (χ2n) is 8.34. The molecule has 0 unspecified atom stereocenters. The first kappa shape index (κ1) is 25.8. The van der Waals surface area contributed by atoms with Crippen molar-refractivity contribution < 1.29 is 30.7 Å². The van der Waals surface area contributed by atoms with E-state index >= 15 is 0 Å². The molecule has 15 heteroatoms. The van der Waals surface area contributed by atoms with Crippen molar-refractivity contribution in [2.45, 2.75) is 24.1 Å². The summed E-state index contributed by atoms with van der Waals surface area (Å²) >= 11 is 1.15. The van der Waals surface area contributed by atoms with E-state index in [9.17, 15) is 26.0 Å². The number of hydrogen-bond donors (Lipinski definition) is 0. The Morgan fingerprint density at radius 3 is 2.50 bits per heavy atom. The molecule has 1 aliphatic rings. The summed E-state index contributed by atoms with van der Waals surface area (Å²) in [5.41, 5.74) is 0.335. The molecule has 0 fully saturated rings. The number of nitrogens with zero attached hydrogens (tertiary/aromatic N) is 6. The van der Waals surface area contributed by atoms with E-state index in [-0.39, 0.29) is 16.4 Å². The fourth-order valence-electron chi connectivity index (χ4n) is 3.59. The largest absolute Gasteiger partial charge is 0.461 e. The molecule has 0 saturated heterocycles. The fraction of sp³-hybridized carbons (Fsp3) is 0.217. The SMILES string of the molecule is C[C@H](Oc1nn2cc(-c3ccc(S(C)(=O)=O)cc3F)nc2s1)C1=CCN(c2ncc(C(F)(F)F)cn2)C=C1. The number of benzene rings is 1. The molecule has 1 atom stereocenters. The van der Waals surface area contributed by atoms with Gasteiger partial charge in [0.2, 0.25) is 10.9 Å². The van der Waals surface area contributed by atoms with Crippen LogP contribution in [0, 0.1) is 5.82 Å². The number of alkyl halides is 3. The molecule has 0 saturated carbocycles. The number of ether oxygens (including phenoxy) is 1. The molecule has 1 aliphatic heterocycles. The molecule has 0 N–H and O–H groups in total. The Morgan fingerprint density at radius 1 is 1.18 bits per heavy atom. The van der Waals surface area contributed by atoms with Gasteiger partial charge in [-0.25, -0.2) is 32.3 Å². The van der Waals surface area contributed by atoms with Crippen LogP contribution in [-0.2, 0) is 16.0 Å². The van der Waals surface area contributed by atoms with E-state index < -0.39 is 33.5 Å². The minimum absolute atomic E-state index is 0.122. The van der Waals surface area contributed by atoms with Gasteiger partial charge < -0.3 is 9.64 Å². The van der Waals surface area contributed by atoms with E-state index in [0.29, 0.717) is 22.4 Å². The van der Waals surface area contributed by atoms with Crippen molar-refractivity contribution in [1.82, 2.24) is 24.6 Å². The first-order valence-electron chi connectivity index (χ1n) is 11.0. The van der Waals surface area contributed by atoms with Crippen LogP contribution >= 0.6 is 11.3 Å². The number of imidazole rings is 1. The van der Waals surface area contributed by atoms with Crippen LogP contribution in [0.1, 0.15) is 12.5 Å². The summed E-state index contributed by atoms with van der Waals surface area (Å²) in [7, 11) is -3.54. The molecule has 3 aromatic heterocycles. The van der Waals surface area contributed by atoms with Crippen LogP contribution in [0.3, 0.4) is 0 Å². The van der Waals surface area contributed by atoms with E-state index in [0.717, 1.165) is 41.6 Å². The van der Waals surface area contributed by atoms with Crippen LogP contribution in [0.25, 0.3) is 16.2 Å². The third-order valence-corrected chi connectivity index (χ3v) is 7.53. The highest BCUT2D eigenvalue weighted by molar-refractivity contribution is 7.90. The van der Waals surface area contributed by atoms with Gasteiger partial charge in [-0.3, -0.25) is 0 Å². The molecule has 0 amide bonds. The third kappa shape index (κ3) is 5.24. The fourth-order valence-corrected chi connectivity index (χ4v) is 5.03. The van der Waals surface area contributed by atoms with Gasteiger partial charge in [0.1, 0.15) is 11.9 Å². The molecule has 0 radical (unpaired) electrons. The Kier molecular flexibility index (Phi) is 6.43. The third-order valence-electron chi connectivity index (χ3n) is 5.61. The van der Waals surface area contributed by atoms with Crippen LogP contribution in [0.5, 0.6) is 5.19 Å². The summed E-state index contributed by atoms with van der Waals surface area (Å²) in [4.78, 5) is 13.9. The summed E-state index contributed by atoms with van der Waals surface area (Å²) in [5, 5.41) is 4.65. The number of anilines is 1. The molecular weight excluding hydrogens is 548 g/mol. The van der Waals surface area contributed by atoms with Gasteiger partial charge in [0, 0.05) is 37.0 Å². The average molecular weight is 567 g/mol. The number of halogens is 4. The summed E-state index contributed by atoms with van der Waals surface area (Å²) in [6, 6.07) is 3.64. The summed E-state index contributed by atoms with van der Waals surface area (Å²) in [6.45, 7) is 2.15. The topological polar surface area (TPSA) is 103 Å². The summed E-state index contributed by atoms with van der Waals surface area (Å²) < 4.78 is 83.3. The lowest BCUT2D eigenvalue weighted by Crippen LogP contribution is -2.25. The Balaban J connectivity index is 1.25. The van der Waals surface area contributed by atoms with Gasteiger partial charge in [-0.1, -0.05) is 6.08 Å². The monoisotopic (exact) mass is 566 g/mol. The Labute approximate surface area is 217 Å². The Morgan fingerprint density at radius 2 is 1.92 bits per heavy atom. The molecular formula is C23H18F4N6O3S2. The van der Waals surface area contributed by atoms with Crippen molar-refractivity contribution in [2.75, 3.05) is 17.7 Å². The minimum atomic E-state index is -4.50. The summed E-state index contributed by atoms with van der Waals surface area (Å²) in [5.74, 6) is -0.576. The van der Waals surface area contributed by atoms with Crippen molar-refractivity contribution in [3.05, 3.63) is 72.1 Å². The highest BCUT2D eigenvalue weighted by atomic mass is 32.2. The molecule has 38 heavy (non-hydrogen) atoms. The second-order valence-corrected chi connectivity index (χ2v) is 11.3. The number of aromatic nitrogens is 5. The van der Waals surface area contributed by atoms with Gasteiger partial charge in [-0.15, -0.1) is 5.10 Å². The van der Waals surface area contributed by atoms with Gasteiger partial charge in [0.15, 0.2) is 9.84 Å². The molecule has 1 aromatic carbocycles. The first-order chi connectivity index (χ1) is 17.9. The number of fused-ring (bicyclic) bond motifs is 1. The van der Waals surface area contributed by atoms with Crippen molar-refractivity contribution >= 4 is 32.1 Å². The van der Waals surface area contributed by atoms with Gasteiger partial charge in [0.25, 0.3) is 5.19 Å². The normalized spacial score (nSPS) is 15.1. The smallest absolute Gasteiger partial charge is 0.419 e. The van der Waals surface area contributed by atoms with Crippen molar-refractivity contribution in [1.29, 1.82) is 0 Å². The van der Waals surface area contributed by atoms with Gasteiger partial charge >= 0.3 is 6.18 Å². The minimum Gasteiger partial charge on any atom is -0.461 e. The van der Waals surface area contributed by atoms with Crippen LogP contribution in [0.15, 0.2) is 65.6 Å². The van der Waals surface area contributed by atoms with E-state index in [1.54, 1.807) is 17.2 Å². The van der Waals surface area contributed by atoms with E-state index in [1.165, 1.54) is 22.8 Å². The molecule has 4 heterocycles. The zero-order valence-corrected chi connectivity index (χ0v) is 21.3. The van der Waals surface area contributed by atoms with Crippen LogP contribution < -0.4 is 9.64 Å². The van der Waals surface area contributed by atoms with Gasteiger partial charge in [-0.2, -0.15) is 13.2 Å². The van der Waals surface area contributed by atoms with E-state index in [2.05, 4.69) is 20.1 Å². The maximum atomic E-state index is 14.5. The highest BCUT2D eigenvalue weighted by Gasteiger charge is 2.31. The standard InChI is InChI=1S/C23H18F4N6O3S2/c1-13(14-5-7-32(8-6-14)20-28-10-15(11-29-20)23(25,26)27)36-22-31-33-12-19(30-21(33)37-22)17-4-3-16(9-18(17)24)38(2,34)35/h3-7,9-13H,8H2,1-2H3/t13-/m0/s1. The lowest BCUT2D eigenvalue weighted by molar-refractivity contribution is -0.138. The number of hydrogen-bond acceptors (Lipinski definition) is 9. The number of rotatable bonds is 6. The van der Waals surface area contributed by atoms with Crippen LogP contribution in [0.2, 0.25) is 0 Å². The zero-order valence-electron chi connectivity index (χ0n) is 19.7. The van der Waals surface area contributed by atoms with Gasteiger partial charge in [-0.05, 0) is 48.1 Å². The van der Waals surface area contributed by atoms with Crippen molar-refractivity contribution in [3.63, 3.8) is 0 Å². The Hall–Kier alpha value is -3.85. The molecule has 0 aliphatic carbocycles. The molecule has 198 valence electrons. The van der Waals surface area contributed by atoms with E-state index in [4.69, 9.17) is 4.74 Å².